The van der Waals surface area contributed by atoms with Crippen LogP contribution in [0.15, 0.2) is 59.5 Å². The summed E-state index contributed by atoms with van der Waals surface area (Å²) in [5, 5.41) is 0. The van der Waals surface area contributed by atoms with Gasteiger partial charge in [0.25, 0.3) is 0 Å². The molecule has 0 radical (unpaired) electrons. The highest BCUT2D eigenvalue weighted by molar-refractivity contribution is 7.89. The first kappa shape index (κ1) is 18.1. The van der Waals surface area contributed by atoms with Crippen molar-refractivity contribution in [1.29, 1.82) is 0 Å². The minimum absolute atomic E-state index is 0.162. The number of carbonyl (C=O) groups is 1. The minimum Gasteiger partial charge on any atom is -0.289 e. The first-order valence-corrected chi connectivity index (χ1v) is 9.29. The van der Waals surface area contributed by atoms with Gasteiger partial charge in [0.15, 0.2) is 5.78 Å². The number of hydrogen-bond donors (Lipinski definition) is 1. The zero-order valence-corrected chi connectivity index (χ0v) is 14.6. The molecule has 0 aliphatic heterocycles. The van der Waals surface area contributed by atoms with E-state index in [9.17, 15) is 13.2 Å². The Hall–Kier alpha value is -2.24. The zero-order chi connectivity index (χ0) is 17.6. The number of sulfonamides is 1. The van der Waals surface area contributed by atoms with E-state index >= 15 is 0 Å². The normalized spacial score (nSPS) is 11.8. The van der Waals surface area contributed by atoms with Gasteiger partial charge in [-0.1, -0.05) is 42.8 Å². The van der Waals surface area contributed by atoms with E-state index in [0.717, 1.165) is 17.5 Å². The number of nitrogens with one attached hydrogen (secondary N) is 1. The summed E-state index contributed by atoms with van der Waals surface area (Å²) in [7, 11) is -3.50. The largest absolute Gasteiger partial charge is 0.289 e. The second kappa shape index (κ2) is 8.04. The molecule has 0 heterocycles. The summed E-state index contributed by atoms with van der Waals surface area (Å²) in [6, 6.07) is 13.8. The highest BCUT2D eigenvalue weighted by atomic mass is 32.2. The summed E-state index contributed by atoms with van der Waals surface area (Å²) in [5.74, 6) is -0.166. The van der Waals surface area contributed by atoms with Crippen molar-refractivity contribution in [3.05, 3.63) is 71.3 Å². The molecule has 0 fully saturated rings. The van der Waals surface area contributed by atoms with E-state index in [1.165, 1.54) is 30.3 Å². The Balaban J connectivity index is 2.10. The summed E-state index contributed by atoms with van der Waals surface area (Å²) >= 11 is 0. The molecule has 1 N–H and O–H groups in total. The smallest absolute Gasteiger partial charge is 0.240 e. The van der Waals surface area contributed by atoms with Crippen LogP contribution in [0.4, 0.5) is 0 Å². The second-order valence-corrected chi connectivity index (χ2v) is 7.30. The molecule has 0 atom stereocenters. The predicted octanol–water partition coefficient (Wildman–Crippen LogP) is 3.58. The van der Waals surface area contributed by atoms with Crippen LogP contribution in [0.3, 0.4) is 0 Å². The maximum Gasteiger partial charge on any atom is 0.240 e. The lowest BCUT2D eigenvalue weighted by molar-refractivity contribution is 0.104. The summed E-state index contributed by atoms with van der Waals surface area (Å²) in [5.41, 5.74) is 2.55. The number of hydrogen-bond acceptors (Lipinski definition) is 3. The maximum atomic E-state index is 12.2. The summed E-state index contributed by atoms with van der Waals surface area (Å²) < 4.78 is 26.5. The average molecular weight is 343 g/mol. The van der Waals surface area contributed by atoms with Crippen molar-refractivity contribution in [2.75, 3.05) is 6.54 Å². The molecule has 0 bridgehead atoms. The van der Waals surface area contributed by atoms with E-state index in [4.69, 9.17) is 0 Å². The van der Waals surface area contributed by atoms with Gasteiger partial charge in [-0.15, -0.1) is 0 Å². The number of carbonyl (C=O) groups excluding carboxylic acids is 1. The Labute approximate surface area is 143 Å². The van der Waals surface area contributed by atoms with Crippen LogP contribution in [0.25, 0.3) is 6.08 Å². The zero-order valence-electron chi connectivity index (χ0n) is 13.8. The molecule has 0 aliphatic rings. The Morgan fingerprint density at radius 3 is 2.25 bits per heavy atom. The van der Waals surface area contributed by atoms with Crippen molar-refractivity contribution >= 4 is 21.9 Å². The van der Waals surface area contributed by atoms with Crippen LogP contribution in [0.2, 0.25) is 0 Å². The Morgan fingerprint density at radius 2 is 1.67 bits per heavy atom. The molecule has 0 aliphatic carbocycles. The third kappa shape index (κ3) is 4.88. The fourth-order valence-corrected chi connectivity index (χ4v) is 3.20. The van der Waals surface area contributed by atoms with Crippen molar-refractivity contribution in [2.24, 2.45) is 0 Å². The number of ketones is 1. The number of benzene rings is 2. The lowest BCUT2D eigenvalue weighted by atomic mass is 10.1. The molecule has 126 valence electrons. The van der Waals surface area contributed by atoms with Crippen molar-refractivity contribution < 1.29 is 13.2 Å². The van der Waals surface area contributed by atoms with E-state index < -0.39 is 10.0 Å². The molecule has 0 saturated heterocycles. The summed E-state index contributed by atoms with van der Waals surface area (Å²) in [6.45, 7) is 4.29. The topological polar surface area (TPSA) is 63.2 Å². The van der Waals surface area contributed by atoms with Crippen LogP contribution in [0.1, 0.15) is 34.8 Å². The van der Waals surface area contributed by atoms with Gasteiger partial charge in [-0.25, -0.2) is 13.1 Å². The van der Waals surface area contributed by atoms with Crippen LogP contribution in [0, 0.1) is 6.92 Å². The fraction of sp³-hybridized carbons (Fsp3) is 0.211. The van der Waals surface area contributed by atoms with Crippen LogP contribution in [-0.2, 0) is 10.0 Å². The molecular formula is C19H21NO3S. The van der Waals surface area contributed by atoms with Crippen molar-refractivity contribution in [1.82, 2.24) is 4.72 Å². The maximum absolute atomic E-state index is 12.2. The lowest BCUT2D eigenvalue weighted by Gasteiger charge is -2.05. The highest BCUT2D eigenvalue weighted by Crippen LogP contribution is 2.12. The van der Waals surface area contributed by atoms with E-state index in [1.54, 1.807) is 6.08 Å². The molecular weight excluding hydrogens is 322 g/mol. The predicted molar refractivity (Wildman–Crippen MR) is 96.5 cm³/mol. The van der Waals surface area contributed by atoms with Crippen molar-refractivity contribution in [3.8, 4) is 0 Å². The van der Waals surface area contributed by atoms with Gasteiger partial charge in [-0.05, 0) is 49.2 Å². The Bertz CT molecular complexity index is 820. The Kier molecular flexibility index (Phi) is 6.06. The van der Waals surface area contributed by atoms with Gasteiger partial charge < -0.3 is 0 Å². The fourth-order valence-electron chi connectivity index (χ4n) is 2.06. The van der Waals surface area contributed by atoms with Gasteiger partial charge in [-0.3, -0.25) is 4.79 Å². The first-order chi connectivity index (χ1) is 11.4. The third-order valence-electron chi connectivity index (χ3n) is 3.50. The molecule has 5 heteroatoms. The number of allylic oxidation sites excluding steroid dienone is 1. The van der Waals surface area contributed by atoms with Gasteiger partial charge in [-0.2, -0.15) is 0 Å². The Morgan fingerprint density at radius 1 is 1.04 bits per heavy atom. The van der Waals surface area contributed by atoms with E-state index in [0.29, 0.717) is 12.1 Å². The highest BCUT2D eigenvalue weighted by Gasteiger charge is 2.13. The van der Waals surface area contributed by atoms with E-state index in [1.807, 2.05) is 38.1 Å². The molecule has 2 aromatic rings. The van der Waals surface area contributed by atoms with Crippen LogP contribution >= 0.6 is 0 Å². The minimum atomic E-state index is -3.50. The summed E-state index contributed by atoms with van der Waals surface area (Å²) in [4.78, 5) is 12.3. The molecule has 0 spiro atoms. The van der Waals surface area contributed by atoms with Crippen LogP contribution < -0.4 is 4.72 Å². The standard InChI is InChI=1S/C19H21NO3S/c1-3-14-20-24(22,23)18-11-9-17(10-12-18)19(21)13-8-16-6-4-15(2)5-7-16/h4-13,20H,3,14H2,1-2H3/b13-8+. The third-order valence-corrected chi connectivity index (χ3v) is 4.97. The van der Waals surface area contributed by atoms with Gasteiger partial charge in [0.05, 0.1) is 4.90 Å². The first-order valence-electron chi connectivity index (χ1n) is 7.81. The molecule has 0 aromatic heterocycles. The molecule has 0 amide bonds. The lowest BCUT2D eigenvalue weighted by Crippen LogP contribution is -2.24. The van der Waals surface area contributed by atoms with Gasteiger partial charge in [0.2, 0.25) is 10.0 Å². The van der Waals surface area contributed by atoms with Crippen molar-refractivity contribution in [3.63, 3.8) is 0 Å². The van der Waals surface area contributed by atoms with Gasteiger partial charge in [0.1, 0.15) is 0 Å². The van der Waals surface area contributed by atoms with Gasteiger partial charge in [0, 0.05) is 12.1 Å². The number of rotatable bonds is 7. The molecule has 2 rings (SSSR count). The second-order valence-electron chi connectivity index (χ2n) is 5.53. The van der Waals surface area contributed by atoms with Crippen LogP contribution in [-0.4, -0.2) is 20.7 Å². The molecule has 4 nitrogen and oxygen atoms in total. The number of aryl methyl sites for hydroxylation is 1. The molecule has 24 heavy (non-hydrogen) atoms. The van der Waals surface area contributed by atoms with Gasteiger partial charge >= 0.3 is 0 Å². The molecule has 0 unspecified atom stereocenters. The molecule has 0 saturated carbocycles. The van der Waals surface area contributed by atoms with Crippen molar-refractivity contribution in [2.45, 2.75) is 25.2 Å². The van der Waals surface area contributed by atoms with E-state index in [2.05, 4.69) is 4.72 Å². The van der Waals surface area contributed by atoms with Crippen LogP contribution in [0.5, 0.6) is 0 Å². The summed E-state index contributed by atoms with van der Waals surface area (Å²) in [6.07, 6.45) is 3.96. The SMILES string of the molecule is CCCNS(=O)(=O)c1ccc(C(=O)/C=C/c2ccc(C)cc2)cc1. The van der Waals surface area contributed by atoms with E-state index in [-0.39, 0.29) is 10.7 Å². The monoisotopic (exact) mass is 343 g/mol. The molecule has 2 aromatic carbocycles. The average Bonchev–Trinajstić information content (AvgIpc) is 2.59. The quantitative estimate of drug-likeness (QED) is 0.617.